The topological polar surface area (TPSA) is 71.1 Å². The van der Waals surface area contributed by atoms with Crippen LogP contribution in [0.25, 0.3) is 0 Å². The predicted molar refractivity (Wildman–Crippen MR) is 119 cm³/mol. The van der Waals surface area contributed by atoms with Crippen molar-refractivity contribution in [3.8, 4) is 0 Å². The van der Waals surface area contributed by atoms with Gasteiger partial charge in [0.25, 0.3) is 0 Å². The van der Waals surface area contributed by atoms with E-state index in [-0.39, 0.29) is 5.60 Å². The molecule has 0 saturated carbocycles. The highest BCUT2D eigenvalue weighted by atomic mass is 29.3. The van der Waals surface area contributed by atoms with Crippen molar-refractivity contribution in [3.05, 3.63) is 12.2 Å². The summed E-state index contributed by atoms with van der Waals surface area (Å²) in [6.07, 6.45) is -3.86. The van der Waals surface area contributed by atoms with Gasteiger partial charge in [-0.05, 0) is 65.5 Å². The molecule has 0 amide bonds. The maximum Gasteiger partial charge on any atom is 0.333 e. The smallest absolute Gasteiger partial charge is 0.333 e. The van der Waals surface area contributed by atoms with Crippen LogP contribution < -0.4 is 0 Å². The molecule has 0 aromatic rings. The van der Waals surface area contributed by atoms with E-state index in [1.807, 2.05) is 20.8 Å². The number of alkyl halides is 3. The predicted octanol–water partition coefficient (Wildman–Crippen LogP) is 4.79. The molecule has 1 rings (SSSR count). The molecule has 12 heteroatoms. The average Bonchev–Trinajstić information content (AvgIpc) is 2.58. The number of rotatable bonds is 9. The minimum absolute atomic E-state index is 0.283. The minimum atomic E-state index is -3.46. The van der Waals surface area contributed by atoms with Gasteiger partial charge in [0, 0.05) is 12.2 Å². The molecule has 1 fully saturated rings. The molecule has 3 unspecified atom stereocenters. The molecule has 31 heavy (non-hydrogen) atoms. The van der Waals surface area contributed by atoms with Crippen molar-refractivity contribution in [1.29, 1.82) is 0 Å². The van der Waals surface area contributed by atoms with Gasteiger partial charge in [-0.15, -0.1) is 0 Å². The van der Waals surface area contributed by atoms with E-state index >= 15 is 0 Å². The molecular formula is C19H35F3O6Si3. The lowest BCUT2D eigenvalue weighted by atomic mass is 10.1. The van der Waals surface area contributed by atoms with Crippen molar-refractivity contribution < 1.29 is 40.8 Å². The highest BCUT2D eigenvalue weighted by Crippen LogP contribution is 2.44. The summed E-state index contributed by atoms with van der Waals surface area (Å²) < 4.78 is 60.1. The first-order valence-corrected chi connectivity index (χ1v) is 19.9. The van der Waals surface area contributed by atoms with Crippen LogP contribution in [0.15, 0.2) is 12.2 Å². The zero-order valence-corrected chi connectivity index (χ0v) is 22.6. The number of esters is 2. The SMILES string of the molecule is CCC(OC(=O)C=CC(=O)OC(F)C(F)F)[Si]1(O[Si](C)(C)C)CCC(C)(C)O[Si]1(C)C. The van der Waals surface area contributed by atoms with E-state index in [2.05, 4.69) is 37.5 Å². The van der Waals surface area contributed by atoms with Gasteiger partial charge in [-0.3, -0.25) is 0 Å². The molecule has 0 bridgehead atoms. The van der Waals surface area contributed by atoms with Crippen molar-refractivity contribution in [2.24, 2.45) is 0 Å². The molecule has 0 spiro atoms. The fraction of sp³-hybridized carbons (Fsp3) is 0.789. The Hall–Kier alpha value is -0.959. The number of hydrogen-bond donors (Lipinski definition) is 0. The zero-order chi connectivity index (χ0) is 24.3. The maximum atomic E-state index is 12.8. The van der Waals surface area contributed by atoms with Crippen molar-refractivity contribution in [2.75, 3.05) is 0 Å². The summed E-state index contributed by atoms with van der Waals surface area (Å²) in [6.45, 7) is 16.5. The van der Waals surface area contributed by atoms with Gasteiger partial charge in [0.15, 0.2) is 8.32 Å². The molecular weight excluding hydrogens is 465 g/mol. The Balaban J connectivity index is 3.09. The number of ether oxygens (including phenoxy) is 2. The Morgan fingerprint density at radius 3 is 2.03 bits per heavy atom. The van der Waals surface area contributed by atoms with Crippen molar-refractivity contribution in [3.63, 3.8) is 0 Å². The third-order valence-corrected chi connectivity index (χ3v) is 23.7. The summed E-state index contributed by atoms with van der Waals surface area (Å²) >= 11 is 0. The van der Waals surface area contributed by atoms with Crippen LogP contribution in [-0.4, -0.2) is 60.0 Å². The van der Waals surface area contributed by atoms with Crippen LogP contribution in [0.4, 0.5) is 13.2 Å². The molecule has 0 aliphatic carbocycles. The van der Waals surface area contributed by atoms with E-state index in [1.165, 1.54) is 0 Å². The molecule has 6 nitrogen and oxygen atoms in total. The van der Waals surface area contributed by atoms with Gasteiger partial charge in [-0.2, -0.15) is 4.39 Å². The summed E-state index contributed by atoms with van der Waals surface area (Å²) in [7, 11) is -7.15. The second-order valence-electron chi connectivity index (χ2n) is 9.77. The first-order valence-electron chi connectivity index (χ1n) is 10.4. The lowest BCUT2D eigenvalue weighted by molar-refractivity contribution is -0.168. The van der Waals surface area contributed by atoms with Gasteiger partial charge in [0.05, 0.1) is 5.60 Å². The van der Waals surface area contributed by atoms with Gasteiger partial charge in [0.1, 0.15) is 5.73 Å². The molecule has 0 radical (unpaired) electrons. The number of halogens is 3. The van der Waals surface area contributed by atoms with Crippen LogP contribution in [0.1, 0.15) is 33.6 Å². The van der Waals surface area contributed by atoms with Crippen molar-refractivity contribution >= 4 is 35.9 Å². The van der Waals surface area contributed by atoms with Gasteiger partial charge in [-0.25, -0.2) is 18.4 Å². The highest BCUT2D eigenvalue weighted by molar-refractivity contribution is 7.38. The first kappa shape index (κ1) is 28.1. The van der Waals surface area contributed by atoms with E-state index < -0.39 is 54.4 Å². The molecule has 3 atom stereocenters. The Morgan fingerprint density at radius 2 is 1.61 bits per heavy atom. The van der Waals surface area contributed by atoms with Crippen LogP contribution in [0.3, 0.4) is 0 Å². The fourth-order valence-corrected chi connectivity index (χ4v) is 27.2. The normalized spacial score (nSPS) is 25.3. The molecule has 0 aromatic heterocycles. The van der Waals surface area contributed by atoms with Crippen LogP contribution >= 0.6 is 0 Å². The highest BCUT2D eigenvalue weighted by Gasteiger charge is 2.64. The second kappa shape index (κ2) is 10.3. The Morgan fingerprint density at radius 1 is 1.10 bits per heavy atom. The largest absolute Gasteiger partial charge is 0.460 e. The number of carbonyl (C=O) groups is 2. The van der Waals surface area contributed by atoms with Crippen LogP contribution in [0, 0.1) is 0 Å². The molecule has 1 aliphatic rings. The second-order valence-corrected chi connectivity index (χ2v) is 27.1. The van der Waals surface area contributed by atoms with Crippen molar-refractivity contribution in [2.45, 2.75) is 96.5 Å². The zero-order valence-electron chi connectivity index (χ0n) is 19.6. The molecule has 1 saturated heterocycles. The van der Waals surface area contributed by atoms with E-state index in [9.17, 15) is 22.8 Å². The van der Waals surface area contributed by atoms with Crippen LogP contribution in [0.2, 0.25) is 38.8 Å². The van der Waals surface area contributed by atoms with Crippen molar-refractivity contribution in [1.82, 2.24) is 0 Å². The van der Waals surface area contributed by atoms with Crippen LogP contribution in [-0.2, 0) is 27.6 Å². The Bertz CT molecular complexity index is 681. The Labute approximate surface area is 185 Å². The summed E-state index contributed by atoms with van der Waals surface area (Å²) in [6, 6.07) is 0.791. The molecule has 1 aliphatic heterocycles. The summed E-state index contributed by atoms with van der Waals surface area (Å²) in [5.74, 6) is -2.22. The first-order chi connectivity index (χ1) is 13.9. The van der Waals surface area contributed by atoms with Gasteiger partial charge in [-0.1, -0.05) is 6.92 Å². The number of hydrogen-bond acceptors (Lipinski definition) is 6. The van der Waals surface area contributed by atoms with E-state index in [0.29, 0.717) is 12.5 Å². The summed E-state index contributed by atoms with van der Waals surface area (Å²) in [5, 5.41) is 0. The lowest BCUT2D eigenvalue weighted by Gasteiger charge is -2.55. The summed E-state index contributed by atoms with van der Waals surface area (Å²) in [5.41, 5.74) is -0.783. The van der Waals surface area contributed by atoms with E-state index in [0.717, 1.165) is 18.5 Å². The average molecular weight is 501 g/mol. The number of carbonyl (C=O) groups excluding carboxylic acids is 2. The standard InChI is InChI=1S/C19H35F3O6Si3/c1-9-16(25-14(23)10-11-15(24)26-18(22)17(20)21)31(28-29(4,5)6)13-12-19(2,3)27-30(31,7)8/h10-11,16-18H,9,12-13H2,1-8H3. The van der Waals surface area contributed by atoms with E-state index in [4.69, 9.17) is 13.3 Å². The quantitative estimate of drug-likeness (QED) is 0.258. The maximum absolute atomic E-state index is 12.8. The fourth-order valence-electron chi connectivity index (χ4n) is 3.98. The van der Waals surface area contributed by atoms with Gasteiger partial charge < -0.3 is 18.0 Å². The molecule has 1 heterocycles. The van der Waals surface area contributed by atoms with Crippen LogP contribution in [0.5, 0.6) is 0 Å². The third-order valence-electron chi connectivity index (χ3n) is 5.07. The minimum Gasteiger partial charge on any atom is -0.460 e. The third kappa shape index (κ3) is 7.84. The monoisotopic (exact) mass is 500 g/mol. The molecule has 180 valence electrons. The van der Waals surface area contributed by atoms with Gasteiger partial charge in [0.2, 0.25) is 15.7 Å². The van der Waals surface area contributed by atoms with Gasteiger partial charge >= 0.3 is 24.7 Å². The molecule has 0 N–H and O–H groups in total. The van der Waals surface area contributed by atoms with E-state index in [1.54, 1.807) is 0 Å². The Kier molecular flexibility index (Phi) is 9.34. The summed E-state index contributed by atoms with van der Waals surface area (Å²) in [4.78, 5) is 23.9. The lowest BCUT2D eigenvalue weighted by Crippen LogP contribution is -2.76. The molecule has 0 aromatic carbocycles.